The van der Waals surface area contributed by atoms with Gasteiger partial charge in [-0.25, -0.2) is 4.98 Å². The summed E-state index contributed by atoms with van der Waals surface area (Å²) in [5.74, 6) is 4.47. The molecule has 1 aliphatic rings. The van der Waals surface area contributed by atoms with E-state index >= 15 is 0 Å². The second-order valence-electron chi connectivity index (χ2n) is 10.4. The van der Waals surface area contributed by atoms with Crippen molar-refractivity contribution in [1.29, 1.82) is 0 Å². The van der Waals surface area contributed by atoms with E-state index in [4.69, 9.17) is 18.8 Å². The van der Waals surface area contributed by atoms with E-state index < -0.39 is 28.6 Å². The molecule has 0 N–H and O–H groups in total. The molecule has 1 atom stereocenters. The minimum Gasteiger partial charge on any atom is -0.494 e. The van der Waals surface area contributed by atoms with E-state index in [9.17, 15) is 13.8 Å². The maximum atomic E-state index is 12.0. The Hall–Kier alpha value is -3.83. The molecule has 0 radical (unpaired) electrons. The molecule has 216 valence electrons. The lowest BCUT2D eigenvalue weighted by molar-refractivity contribution is -0.145. The predicted octanol–water partition coefficient (Wildman–Crippen LogP) is 2.79. The molecular weight excluding hydrogens is 543 g/mol. The van der Waals surface area contributed by atoms with Gasteiger partial charge >= 0.3 is 19.1 Å². The van der Waals surface area contributed by atoms with Gasteiger partial charge in [0.2, 0.25) is 5.88 Å². The van der Waals surface area contributed by atoms with E-state index in [1.54, 1.807) is 37.6 Å². The summed E-state index contributed by atoms with van der Waals surface area (Å²) in [6.07, 6.45) is 2.31. The first-order valence-electron chi connectivity index (χ1n) is 13.3. The van der Waals surface area contributed by atoms with Crippen molar-refractivity contribution in [3.8, 4) is 22.8 Å². The van der Waals surface area contributed by atoms with Gasteiger partial charge in [-0.3, -0.25) is 18.7 Å². The molecule has 1 saturated heterocycles. The molecule has 3 aromatic rings. The Morgan fingerprint density at radius 3 is 2.37 bits per heavy atom. The van der Waals surface area contributed by atoms with E-state index in [0.717, 1.165) is 27.9 Å². The lowest BCUT2D eigenvalue weighted by atomic mass is 9.78. The Morgan fingerprint density at radius 1 is 1.02 bits per heavy atom. The maximum absolute atomic E-state index is 12.0. The Kier molecular flexibility index (Phi) is 9.72. The Balaban J connectivity index is 1.38. The van der Waals surface area contributed by atoms with Crippen molar-refractivity contribution in [2.75, 3.05) is 38.8 Å². The Morgan fingerprint density at radius 2 is 1.71 bits per heavy atom. The second kappa shape index (κ2) is 13.2. The molecule has 41 heavy (non-hydrogen) atoms. The monoisotopic (exact) mass is 578 g/mol. The van der Waals surface area contributed by atoms with E-state index in [2.05, 4.69) is 23.0 Å². The van der Waals surface area contributed by atoms with Gasteiger partial charge in [0.25, 0.3) is 0 Å². The zero-order chi connectivity index (χ0) is 29.6. The minimum absolute atomic E-state index is 0.0137. The zero-order valence-electron chi connectivity index (χ0n) is 23.9. The molecule has 11 heteroatoms. The summed E-state index contributed by atoms with van der Waals surface area (Å²) in [5, 5.41) is 0. The maximum Gasteiger partial charge on any atom is 0.636 e. The molecule has 1 unspecified atom stereocenters. The first kappa shape index (κ1) is 30.1. The van der Waals surface area contributed by atoms with Gasteiger partial charge in [-0.1, -0.05) is 30.3 Å². The van der Waals surface area contributed by atoms with Crippen LogP contribution in [0.2, 0.25) is 0 Å². The summed E-state index contributed by atoms with van der Waals surface area (Å²) in [5.41, 5.74) is 5.31. The number of hydrogen-bond acceptors (Lipinski definition) is 9. The molecule has 2 aromatic carbocycles. The van der Waals surface area contributed by atoms with Crippen LogP contribution in [0.4, 0.5) is 0 Å². The van der Waals surface area contributed by atoms with Crippen LogP contribution in [0.5, 0.6) is 11.6 Å². The number of ether oxygens (including phenoxy) is 2. The third-order valence-corrected chi connectivity index (χ3v) is 7.54. The summed E-state index contributed by atoms with van der Waals surface area (Å²) < 4.78 is 34.3. The number of aromatic nitrogens is 1. The number of benzene rings is 2. The zero-order valence-corrected chi connectivity index (χ0v) is 24.7. The van der Waals surface area contributed by atoms with Crippen molar-refractivity contribution in [2.24, 2.45) is 0 Å². The van der Waals surface area contributed by atoms with Crippen molar-refractivity contribution in [2.45, 2.75) is 26.9 Å². The highest BCUT2D eigenvalue weighted by molar-refractivity contribution is 7.99. The Bertz CT molecular complexity index is 1490. The van der Waals surface area contributed by atoms with Gasteiger partial charge in [0, 0.05) is 34.3 Å². The molecule has 0 saturated carbocycles. The summed E-state index contributed by atoms with van der Waals surface area (Å²) >= 11 is 0. The SMILES string of the molecule is C=S(C)(=O)CCCOc1nc(C)c(-c2cccc(COc3ccc(B4OC(=O)CN(C)CC(=O)O4)cc3)c2)cc1C. The van der Waals surface area contributed by atoms with Crippen LogP contribution >= 0.6 is 0 Å². The summed E-state index contributed by atoms with van der Waals surface area (Å²) in [4.78, 5) is 30.3. The first-order valence-corrected chi connectivity index (χ1v) is 15.6. The number of nitrogens with zero attached hydrogens (tertiary/aromatic N) is 2. The number of pyridine rings is 1. The lowest BCUT2D eigenvalue weighted by Gasteiger charge is -2.22. The summed E-state index contributed by atoms with van der Waals surface area (Å²) in [6.45, 7) is 4.72. The largest absolute Gasteiger partial charge is 0.636 e. The number of rotatable bonds is 10. The van der Waals surface area contributed by atoms with Crippen LogP contribution in [-0.2, 0) is 35.0 Å². The molecule has 1 aliphatic heterocycles. The van der Waals surface area contributed by atoms with Gasteiger partial charge in [0.05, 0.1) is 19.7 Å². The Labute approximate surface area is 241 Å². The van der Waals surface area contributed by atoms with E-state index in [-0.39, 0.29) is 13.1 Å². The molecule has 9 nitrogen and oxygen atoms in total. The normalized spacial score (nSPS) is 15.8. The van der Waals surface area contributed by atoms with Crippen LogP contribution in [-0.4, -0.2) is 77.8 Å². The molecule has 4 rings (SSSR count). The smallest absolute Gasteiger partial charge is 0.494 e. The highest BCUT2D eigenvalue weighted by Crippen LogP contribution is 2.28. The summed E-state index contributed by atoms with van der Waals surface area (Å²) in [7, 11) is -1.46. The molecule has 0 amide bonds. The molecule has 1 fully saturated rings. The quantitative estimate of drug-likeness (QED) is 0.204. The molecule has 0 aliphatic carbocycles. The number of aryl methyl sites for hydroxylation is 2. The van der Waals surface area contributed by atoms with Crippen LogP contribution in [0.3, 0.4) is 0 Å². The fourth-order valence-corrected chi connectivity index (χ4v) is 5.07. The highest BCUT2D eigenvalue weighted by Gasteiger charge is 2.33. The van der Waals surface area contributed by atoms with E-state index in [1.165, 1.54) is 4.90 Å². The first-order chi connectivity index (χ1) is 19.5. The number of likely N-dealkylation sites (N-methyl/N-ethyl adjacent to an activating group) is 1. The standard InChI is InChI=1S/C30H35BN2O7S/c1-21-16-27(22(2)32-30(21)37-14-7-15-41(4,5)36)24-9-6-8-23(17-24)20-38-26-12-10-25(11-13-26)31-39-28(34)18-33(3)19-29(35)40-31/h6,8-13,16-17H,4,7,14-15,18-20H2,1-3,5H3. The average Bonchev–Trinajstić information content (AvgIpc) is 2.90. The van der Waals surface area contributed by atoms with Crippen molar-refractivity contribution in [3.63, 3.8) is 0 Å². The van der Waals surface area contributed by atoms with Gasteiger partial charge in [-0.15, -0.1) is 0 Å². The van der Waals surface area contributed by atoms with E-state index in [0.29, 0.717) is 42.5 Å². The number of carbonyl (C=O) groups is 2. The molecule has 0 bridgehead atoms. The second-order valence-corrected chi connectivity index (χ2v) is 13.2. The predicted molar refractivity (Wildman–Crippen MR) is 161 cm³/mol. The minimum atomic E-state index is -2.02. The van der Waals surface area contributed by atoms with Crippen LogP contribution in [0.15, 0.2) is 54.6 Å². The highest BCUT2D eigenvalue weighted by atomic mass is 32.2. The van der Waals surface area contributed by atoms with Crippen LogP contribution < -0.4 is 14.9 Å². The number of carbonyl (C=O) groups excluding carboxylic acids is 2. The van der Waals surface area contributed by atoms with Crippen molar-refractivity contribution in [1.82, 2.24) is 9.88 Å². The average molecular weight is 578 g/mol. The molecular formula is C30H35BN2O7S. The van der Waals surface area contributed by atoms with Gasteiger partial charge < -0.3 is 18.8 Å². The van der Waals surface area contributed by atoms with Gasteiger partial charge in [0.1, 0.15) is 12.4 Å². The van der Waals surface area contributed by atoms with Gasteiger partial charge in [0.15, 0.2) is 0 Å². The van der Waals surface area contributed by atoms with E-state index in [1.807, 2.05) is 32.0 Å². The van der Waals surface area contributed by atoms with Gasteiger partial charge in [-0.2, -0.15) is 0 Å². The third kappa shape index (κ3) is 8.83. The lowest BCUT2D eigenvalue weighted by Crippen LogP contribution is -2.47. The molecule has 0 spiro atoms. The topological polar surface area (TPSA) is 104 Å². The van der Waals surface area contributed by atoms with Crippen LogP contribution in [0.1, 0.15) is 23.2 Å². The fraction of sp³-hybridized carbons (Fsp3) is 0.333. The molecule has 2 heterocycles. The number of hydrogen-bond donors (Lipinski definition) is 0. The van der Waals surface area contributed by atoms with Gasteiger partial charge in [-0.05, 0) is 78.1 Å². The third-order valence-electron chi connectivity index (χ3n) is 6.39. The van der Waals surface area contributed by atoms with Crippen LogP contribution in [0.25, 0.3) is 11.1 Å². The van der Waals surface area contributed by atoms with Crippen LogP contribution in [0, 0.1) is 13.8 Å². The van der Waals surface area contributed by atoms with Crippen molar-refractivity contribution in [3.05, 3.63) is 71.4 Å². The molecule has 1 aromatic heterocycles. The van der Waals surface area contributed by atoms with Crippen molar-refractivity contribution >= 4 is 39.9 Å². The fourth-order valence-electron chi connectivity index (χ4n) is 4.34. The summed E-state index contributed by atoms with van der Waals surface area (Å²) in [6, 6.07) is 17.0. The van der Waals surface area contributed by atoms with Crippen molar-refractivity contribution < 1.29 is 32.6 Å².